The van der Waals surface area contributed by atoms with Crippen LogP contribution in [0.25, 0.3) is 5.76 Å². The molecule has 2 aromatic carbocycles. The molecule has 1 aromatic heterocycles. The number of aliphatic hydroxyl groups is 1. The van der Waals surface area contributed by atoms with E-state index in [4.69, 9.17) is 21.1 Å². The Hall–Kier alpha value is -3.91. The Labute approximate surface area is 193 Å². The number of carbonyl (C=O) groups excluding carboxylic acids is 2. The summed E-state index contributed by atoms with van der Waals surface area (Å²) in [6, 6.07) is 10.4. The fourth-order valence-corrected chi connectivity index (χ4v) is 4.00. The van der Waals surface area contributed by atoms with Crippen LogP contribution in [0.4, 0.5) is 10.1 Å². The summed E-state index contributed by atoms with van der Waals surface area (Å²) in [6.45, 7) is 0. The van der Waals surface area contributed by atoms with Crippen molar-refractivity contribution in [2.75, 3.05) is 19.1 Å². The summed E-state index contributed by atoms with van der Waals surface area (Å²) in [5.74, 6) is -2.54. The standard InChI is InChI=1S/C24H18ClFN2O5/c1-32-18-11-17(25)19(33-2)10-16(18)22(29)20-21(13-5-4-8-27-12-13)28(24(31)23(20)30)15-7-3-6-14(26)9-15/h3-12,21,29H,1-2H3/b22-20+. The highest BCUT2D eigenvalue weighted by Gasteiger charge is 2.47. The molecular weight excluding hydrogens is 451 g/mol. The number of aromatic nitrogens is 1. The molecule has 1 saturated heterocycles. The van der Waals surface area contributed by atoms with Crippen molar-refractivity contribution < 1.29 is 28.6 Å². The lowest BCUT2D eigenvalue weighted by Gasteiger charge is -2.25. The Morgan fingerprint density at radius 2 is 1.85 bits per heavy atom. The first kappa shape index (κ1) is 22.3. The highest BCUT2D eigenvalue weighted by molar-refractivity contribution is 6.51. The smallest absolute Gasteiger partial charge is 0.300 e. The highest BCUT2D eigenvalue weighted by Crippen LogP contribution is 2.44. The number of ether oxygens (including phenoxy) is 2. The molecule has 1 aliphatic rings. The van der Waals surface area contributed by atoms with Gasteiger partial charge in [0.1, 0.15) is 23.1 Å². The van der Waals surface area contributed by atoms with Crippen LogP contribution in [-0.4, -0.2) is 36.0 Å². The van der Waals surface area contributed by atoms with Gasteiger partial charge in [-0.3, -0.25) is 19.5 Å². The van der Waals surface area contributed by atoms with Crippen LogP contribution >= 0.6 is 11.6 Å². The van der Waals surface area contributed by atoms with E-state index in [1.54, 1.807) is 12.1 Å². The predicted octanol–water partition coefficient (Wildman–Crippen LogP) is 4.52. The average Bonchev–Trinajstić information content (AvgIpc) is 3.09. The van der Waals surface area contributed by atoms with E-state index in [9.17, 15) is 19.1 Å². The number of ketones is 1. The number of aliphatic hydroxyl groups excluding tert-OH is 1. The first-order valence-corrected chi connectivity index (χ1v) is 10.1. The third kappa shape index (κ3) is 3.89. The SMILES string of the molecule is COc1cc(/C(O)=C2\C(=O)C(=O)N(c3cccc(F)c3)C2c2cccnc2)c(OC)cc1Cl. The lowest BCUT2D eigenvalue weighted by atomic mass is 9.95. The number of benzene rings is 2. The van der Waals surface area contributed by atoms with Crippen molar-refractivity contribution >= 4 is 34.7 Å². The number of nitrogens with zero attached hydrogens (tertiary/aromatic N) is 2. The molecule has 0 spiro atoms. The molecule has 168 valence electrons. The van der Waals surface area contributed by atoms with Gasteiger partial charge in [-0.2, -0.15) is 0 Å². The molecule has 33 heavy (non-hydrogen) atoms. The van der Waals surface area contributed by atoms with Gasteiger partial charge in [0.25, 0.3) is 11.7 Å². The zero-order valence-corrected chi connectivity index (χ0v) is 18.3. The summed E-state index contributed by atoms with van der Waals surface area (Å²) in [7, 11) is 2.77. The molecule has 1 amide bonds. The van der Waals surface area contributed by atoms with Gasteiger partial charge in [0, 0.05) is 24.1 Å². The van der Waals surface area contributed by atoms with Gasteiger partial charge in [-0.25, -0.2) is 4.39 Å². The van der Waals surface area contributed by atoms with Gasteiger partial charge in [0.15, 0.2) is 0 Å². The van der Waals surface area contributed by atoms with Crippen molar-refractivity contribution in [1.29, 1.82) is 0 Å². The summed E-state index contributed by atoms with van der Waals surface area (Å²) in [4.78, 5) is 31.5. The maximum absolute atomic E-state index is 14.0. The molecule has 2 heterocycles. The molecule has 1 unspecified atom stereocenters. The van der Waals surface area contributed by atoms with Crippen LogP contribution in [0, 0.1) is 5.82 Å². The van der Waals surface area contributed by atoms with Gasteiger partial charge >= 0.3 is 0 Å². The lowest BCUT2D eigenvalue weighted by molar-refractivity contribution is -0.132. The second-order valence-electron chi connectivity index (χ2n) is 7.12. The molecule has 7 nitrogen and oxygen atoms in total. The zero-order valence-electron chi connectivity index (χ0n) is 17.6. The Bertz CT molecular complexity index is 1280. The van der Waals surface area contributed by atoms with Crippen LogP contribution in [0.3, 0.4) is 0 Å². The Morgan fingerprint density at radius 1 is 1.09 bits per heavy atom. The van der Waals surface area contributed by atoms with Crippen molar-refractivity contribution in [2.45, 2.75) is 6.04 Å². The minimum absolute atomic E-state index is 0.102. The first-order chi connectivity index (χ1) is 15.9. The minimum Gasteiger partial charge on any atom is -0.507 e. The Morgan fingerprint density at radius 3 is 2.48 bits per heavy atom. The monoisotopic (exact) mass is 468 g/mol. The van der Waals surface area contributed by atoms with E-state index >= 15 is 0 Å². The fourth-order valence-electron chi connectivity index (χ4n) is 3.77. The third-order valence-corrected chi connectivity index (χ3v) is 5.56. The molecule has 1 N–H and O–H groups in total. The number of amides is 1. The molecule has 3 aromatic rings. The number of anilines is 1. The molecule has 1 fully saturated rings. The van der Waals surface area contributed by atoms with Crippen LogP contribution in [0.1, 0.15) is 17.2 Å². The summed E-state index contributed by atoms with van der Waals surface area (Å²) in [5.41, 5.74) is 0.498. The molecular formula is C24H18ClFN2O5. The van der Waals surface area contributed by atoms with Crippen molar-refractivity contribution in [1.82, 2.24) is 4.98 Å². The number of methoxy groups -OCH3 is 2. The van der Waals surface area contributed by atoms with Crippen molar-refractivity contribution in [2.24, 2.45) is 0 Å². The van der Waals surface area contributed by atoms with Crippen LogP contribution < -0.4 is 14.4 Å². The number of halogens is 2. The molecule has 0 aliphatic carbocycles. The summed E-state index contributed by atoms with van der Waals surface area (Å²) in [5, 5.41) is 11.5. The quantitative estimate of drug-likeness (QED) is 0.336. The zero-order chi connectivity index (χ0) is 23.7. The van der Waals surface area contributed by atoms with E-state index in [1.165, 1.54) is 56.9 Å². The number of pyridine rings is 1. The molecule has 1 atom stereocenters. The van der Waals surface area contributed by atoms with Crippen LogP contribution in [-0.2, 0) is 9.59 Å². The van der Waals surface area contributed by atoms with E-state index in [1.807, 2.05) is 0 Å². The third-order valence-electron chi connectivity index (χ3n) is 5.26. The van der Waals surface area contributed by atoms with Crippen LogP contribution in [0.5, 0.6) is 11.5 Å². The van der Waals surface area contributed by atoms with E-state index in [2.05, 4.69) is 4.98 Å². The number of hydrogen-bond donors (Lipinski definition) is 1. The topological polar surface area (TPSA) is 89.0 Å². The van der Waals surface area contributed by atoms with E-state index in [0.717, 1.165) is 11.0 Å². The highest BCUT2D eigenvalue weighted by atomic mass is 35.5. The van der Waals surface area contributed by atoms with Crippen molar-refractivity contribution in [3.8, 4) is 11.5 Å². The predicted molar refractivity (Wildman–Crippen MR) is 120 cm³/mol. The van der Waals surface area contributed by atoms with Crippen LogP contribution in [0.15, 0.2) is 66.5 Å². The molecule has 0 saturated carbocycles. The van der Waals surface area contributed by atoms with Gasteiger partial charge in [-0.1, -0.05) is 23.7 Å². The maximum atomic E-state index is 14.0. The second-order valence-corrected chi connectivity index (χ2v) is 7.53. The molecule has 0 bridgehead atoms. The van der Waals surface area contributed by atoms with Gasteiger partial charge in [-0.05, 0) is 35.9 Å². The number of hydrogen-bond acceptors (Lipinski definition) is 6. The molecule has 0 radical (unpaired) electrons. The second kappa shape index (κ2) is 8.91. The summed E-state index contributed by atoms with van der Waals surface area (Å²) in [6.07, 6.45) is 3.00. The minimum atomic E-state index is -1.06. The fraction of sp³-hybridized carbons (Fsp3) is 0.125. The van der Waals surface area contributed by atoms with Gasteiger partial charge in [-0.15, -0.1) is 0 Å². The van der Waals surface area contributed by atoms with E-state index < -0.39 is 29.3 Å². The van der Waals surface area contributed by atoms with Crippen molar-refractivity contribution in [3.05, 3.63) is 88.5 Å². The summed E-state index contributed by atoms with van der Waals surface area (Å²) < 4.78 is 24.5. The lowest BCUT2D eigenvalue weighted by Crippen LogP contribution is -2.29. The van der Waals surface area contributed by atoms with Gasteiger partial charge in [0.05, 0.1) is 36.4 Å². The van der Waals surface area contributed by atoms with Crippen molar-refractivity contribution in [3.63, 3.8) is 0 Å². The summed E-state index contributed by atoms with van der Waals surface area (Å²) >= 11 is 6.16. The van der Waals surface area contributed by atoms with E-state index in [-0.39, 0.29) is 33.3 Å². The number of Topliss-reactive ketones (excluding diaryl/α,β-unsaturated/α-hetero) is 1. The maximum Gasteiger partial charge on any atom is 0.300 e. The number of carbonyl (C=O) groups is 2. The van der Waals surface area contributed by atoms with Gasteiger partial charge < -0.3 is 14.6 Å². The van der Waals surface area contributed by atoms with Gasteiger partial charge in [0.2, 0.25) is 0 Å². The first-order valence-electron chi connectivity index (χ1n) is 9.75. The molecule has 9 heteroatoms. The van der Waals surface area contributed by atoms with Crippen LogP contribution in [0.2, 0.25) is 5.02 Å². The average molecular weight is 469 g/mol. The molecule has 4 rings (SSSR count). The Balaban J connectivity index is 1.99. The van der Waals surface area contributed by atoms with E-state index in [0.29, 0.717) is 5.56 Å². The number of rotatable bonds is 5. The largest absolute Gasteiger partial charge is 0.507 e. The normalized spacial score (nSPS) is 17.3. The molecule has 1 aliphatic heterocycles. The Kier molecular flexibility index (Phi) is 6.02.